The Morgan fingerprint density at radius 1 is 1.12 bits per heavy atom. The zero-order valence-electron chi connectivity index (χ0n) is 12.8. The molecule has 7 heteroatoms. The van der Waals surface area contributed by atoms with Crippen molar-refractivity contribution >= 4 is 38.4 Å². The minimum Gasteiger partial charge on any atom is -0.358 e. The molecule has 24 heavy (non-hydrogen) atoms. The van der Waals surface area contributed by atoms with E-state index in [0.717, 1.165) is 5.52 Å². The van der Waals surface area contributed by atoms with E-state index in [4.69, 9.17) is 11.6 Å². The average molecular weight is 363 g/mol. The van der Waals surface area contributed by atoms with Crippen LogP contribution in [0.15, 0.2) is 48.5 Å². The molecule has 0 aliphatic rings. The lowest BCUT2D eigenvalue weighted by molar-refractivity contribution is 0.0982. The molecule has 0 bridgehead atoms. The Bertz CT molecular complexity index is 1030. The molecule has 0 radical (unpaired) electrons. The van der Waals surface area contributed by atoms with E-state index in [1.165, 1.54) is 0 Å². The number of aromatic nitrogens is 1. The fourth-order valence-corrected chi connectivity index (χ4v) is 4.02. The minimum absolute atomic E-state index is 0.327. The molecule has 0 fully saturated rings. The second kappa shape index (κ2) is 6.30. The van der Waals surface area contributed by atoms with Gasteiger partial charge in [-0.1, -0.05) is 48.0 Å². The Morgan fingerprint density at radius 3 is 2.54 bits per heavy atom. The summed E-state index contributed by atoms with van der Waals surface area (Å²) in [6, 6.07) is 13.9. The first-order valence-electron chi connectivity index (χ1n) is 7.23. The molecule has 0 aliphatic carbocycles. The van der Waals surface area contributed by atoms with Gasteiger partial charge in [-0.15, -0.1) is 0 Å². The number of halogens is 1. The molecule has 124 valence electrons. The minimum atomic E-state index is -3.87. The van der Waals surface area contributed by atoms with Crippen LogP contribution in [-0.2, 0) is 15.8 Å². The summed E-state index contributed by atoms with van der Waals surface area (Å²) < 4.78 is 26.7. The van der Waals surface area contributed by atoms with Gasteiger partial charge in [0, 0.05) is 21.6 Å². The maximum Gasteiger partial charge on any atom is 0.267 e. The van der Waals surface area contributed by atoms with Crippen molar-refractivity contribution in [2.24, 2.45) is 0 Å². The van der Waals surface area contributed by atoms with Crippen LogP contribution in [0.1, 0.15) is 21.6 Å². The maximum absolute atomic E-state index is 12.5. The molecule has 2 aromatic carbocycles. The number of hydrogen-bond donors (Lipinski definition) is 2. The number of rotatable bonds is 4. The standard InChI is InChI=1S/C17H15ClN2O3S/c1-11-16(13-7-3-5-9-15(13)19-11)17(21)20-24(22,23)10-12-6-2-4-8-14(12)18/h2-9,19H,10H2,1H3,(H,20,21). The highest BCUT2D eigenvalue weighted by Gasteiger charge is 2.22. The van der Waals surface area contributed by atoms with Crippen LogP contribution < -0.4 is 4.72 Å². The first kappa shape index (κ1) is 16.5. The molecule has 0 unspecified atom stereocenters. The van der Waals surface area contributed by atoms with Gasteiger partial charge >= 0.3 is 0 Å². The summed E-state index contributed by atoms with van der Waals surface area (Å²) in [4.78, 5) is 15.6. The van der Waals surface area contributed by atoms with E-state index in [2.05, 4.69) is 9.71 Å². The second-order valence-electron chi connectivity index (χ2n) is 5.45. The van der Waals surface area contributed by atoms with E-state index in [9.17, 15) is 13.2 Å². The Morgan fingerprint density at radius 2 is 1.79 bits per heavy atom. The van der Waals surface area contributed by atoms with Gasteiger partial charge in [0.05, 0.1) is 11.3 Å². The molecule has 1 heterocycles. The van der Waals surface area contributed by atoms with Gasteiger partial charge in [0.1, 0.15) is 0 Å². The zero-order valence-corrected chi connectivity index (χ0v) is 14.4. The SMILES string of the molecule is Cc1[nH]c2ccccc2c1C(=O)NS(=O)(=O)Cc1ccccc1Cl. The quantitative estimate of drug-likeness (QED) is 0.746. The van der Waals surface area contributed by atoms with Crippen LogP contribution in [0, 0.1) is 6.92 Å². The summed E-state index contributed by atoms with van der Waals surface area (Å²) in [6.07, 6.45) is 0. The van der Waals surface area contributed by atoms with Crippen molar-refractivity contribution in [1.82, 2.24) is 9.71 Å². The molecule has 3 aromatic rings. The fraction of sp³-hybridized carbons (Fsp3) is 0.118. The van der Waals surface area contributed by atoms with E-state index in [-0.39, 0.29) is 5.75 Å². The van der Waals surface area contributed by atoms with Gasteiger partial charge in [-0.3, -0.25) is 4.79 Å². The van der Waals surface area contributed by atoms with E-state index in [0.29, 0.717) is 27.2 Å². The molecule has 0 spiro atoms. The van der Waals surface area contributed by atoms with Gasteiger partial charge in [-0.05, 0) is 24.6 Å². The lowest BCUT2D eigenvalue weighted by Gasteiger charge is -2.08. The van der Waals surface area contributed by atoms with E-state index < -0.39 is 15.9 Å². The summed E-state index contributed by atoms with van der Waals surface area (Å²) in [7, 11) is -3.87. The smallest absolute Gasteiger partial charge is 0.267 e. The number of hydrogen-bond acceptors (Lipinski definition) is 3. The third kappa shape index (κ3) is 3.29. The van der Waals surface area contributed by atoms with Gasteiger partial charge in [0.25, 0.3) is 5.91 Å². The molecule has 5 nitrogen and oxygen atoms in total. The van der Waals surface area contributed by atoms with Crippen LogP contribution in [0.4, 0.5) is 0 Å². The van der Waals surface area contributed by atoms with Crippen molar-refractivity contribution in [1.29, 1.82) is 0 Å². The number of aryl methyl sites for hydroxylation is 1. The van der Waals surface area contributed by atoms with Crippen molar-refractivity contribution in [3.8, 4) is 0 Å². The van der Waals surface area contributed by atoms with Crippen molar-refractivity contribution in [3.63, 3.8) is 0 Å². The normalized spacial score (nSPS) is 11.6. The van der Waals surface area contributed by atoms with Gasteiger partial charge in [-0.25, -0.2) is 13.1 Å². The molecule has 0 aliphatic heterocycles. The molecule has 1 amide bonds. The monoisotopic (exact) mass is 362 g/mol. The predicted molar refractivity (Wildman–Crippen MR) is 94.6 cm³/mol. The third-order valence-electron chi connectivity index (χ3n) is 3.67. The number of H-pyrrole nitrogens is 1. The number of aromatic amines is 1. The Hall–Kier alpha value is -2.31. The largest absolute Gasteiger partial charge is 0.358 e. The summed E-state index contributed by atoms with van der Waals surface area (Å²) in [5.41, 5.74) is 2.16. The number of benzene rings is 2. The molecule has 0 atom stereocenters. The highest BCUT2D eigenvalue weighted by Crippen LogP contribution is 2.22. The van der Waals surface area contributed by atoms with E-state index >= 15 is 0 Å². The summed E-state index contributed by atoms with van der Waals surface area (Å²) in [5, 5.41) is 1.03. The Kier molecular flexibility index (Phi) is 4.34. The lowest BCUT2D eigenvalue weighted by atomic mass is 10.1. The van der Waals surface area contributed by atoms with Gasteiger partial charge in [-0.2, -0.15) is 0 Å². The van der Waals surface area contributed by atoms with Crippen LogP contribution in [-0.4, -0.2) is 19.3 Å². The summed E-state index contributed by atoms with van der Waals surface area (Å²) in [6.45, 7) is 1.73. The zero-order chi connectivity index (χ0) is 17.3. The van der Waals surface area contributed by atoms with E-state index in [1.54, 1.807) is 43.3 Å². The van der Waals surface area contributed by atoms with Crippen molar-refractivity contribution in [3.05, 3.63) is 70.4 Å². The van der Waals surface area contributed by atoms with Crippen molar-refractivity contribution in [2.75, 3.05) is 0 Å². The molecular formula is C17H15ClN2O3S. The number of sulfonamides is 1. The van der Waals surface area contributed by atoms with Crippen LogP contribution in [0.3, 0.4) is 0 Å². The van der Waals surface area contributed by atoms with Gasteiger partial charge in [0.2, 0.25) is 10.0 Å². The number of nitrogens with one attached hydrogen (secondary N) is 2. The van der Waals surface area contributed by atoms with Crippen LogP contribution >= 0.6 is 11.6 Å². The Labute approximate surface area is 144 Å². The van der Waals surface area contributed by atoms with Crippen molar-refractivity contribution < 1.29 is 13.2 Å². The first-order valence-corrected chi connectivity index (χ1v) is 9.26. The fourth-order valence-electron chi connectivity index (χ4n) is 2.62. The molecule has 0 saturated carbocycles. The summed E-state index contributed by atoms with van der Waals surface area (Å²) >= 11 is 5.99. The van der Waals surface area contributed by atoms with Crippen LogP contribution in [0.25, 0.3) is 10.9 Å². The Balaban J connectivity index is 1.88. The first-order chi connectivity index (χ1) is 11.4. The van der Waals surface area contributed by atoms with Crippen LogP contribution in [0.2, 0.25) is 5.02 Å². The molecule has 0 saturated heterocycles. The summed E-state index contributed by atoms with van der Waals surface area (Å²) in [5.74, 6) is -1.02. The predicted octanol–water partition coefficient (Wildman–Crippen LogP) is 3.39. The van der Waals surface area contributed by atoms with E-state index in [1.807, 2.05) is 12.1 Å². The highest BCUT2D eigenvalue weighted by atomic mass is 35.5. The van der Waals surface area contributed by atoms with Crippen molar-refractivity contribution in [2.45, 2.75) is 12.7 Å². The highest BCUT2D eigenvalue weighted by molar-refractivity contribution is 7.89. The maximum atomic E-state index is 12.5. The molecule has 2 N–H and O–H groups in total. The lowest BCUT2D eigenvalue weighted by Crippen LogP contribution is -2.32. The number of fused-ring (bicyclic) bond motifs is 1. The van der Waals surface area contributed by atoms with Gasteiger partial charge in [0.15, 0.2) is 0 Å². The number of carbonyl (C=O) groups excluding carboxylic acids is 1. The number of amides is 1. The molecule has 3 rings (SSSR count). The second-order valence-corrected chi connectivity index (χ2v) is 7.58. The average Bonchev–Trinajstić information content (AvgIpc) is 2.84. The topological polar surface area (TPSA) is 79.0 Å². The van der Waals surface area contributed by atoms with Crippen LogP contribution in [0.5, 0.6) is 0 Å². The number of para-hydroxylation sites is 1. The molecule has 1 aromatic heterocycles. The van der Waals surface area contributed by atoms with Gasteiger partial charge < -0.3 is 4.98 Å². The third-order valence-corrected chi connectivity index (χ3v) is 5.23. The molecular weight excluding hydrogens is 348 g/mol. The number of carbonyl (C=O) groups is 1.